The second kappa shape index (κ2) is 6.18. The van der Waals surface area contributed by atoms with Gasteiger partial charge in [-0.2, -0.15) is 0 Å². The van der Waals surface area contributed by atoms with Gasteiger partial charge in [-0.3, -0.25) is 0 Å². The van der Waals surface area contributed by atoms with Crippen molar-refractivity contribution >= 4 is 0 Å². The van der Waals surface area contributed by atoms with Crippen molar-refractivity contribution in [3.63, 3.8) is 0 Å². The predicted octanol–water partition coefficient (Wildman–Crippen LogP) is 3.39. The van der Waals surface area contributed by atoms with E-state index in [-0.39, 0.29) is 6.10 Å². The molecular weight excluding hydrogens is 212 g/mol. The minimum atomic E-state index is -0.754. The topological polar surface area (TPSA) is 29.5 Å². The molecule has 0 saturated carbocycles. The van der Waals surface area contributed by atoms with Gasteiger partial charge in [0.1, 0.15) is 0 Å². The van der Waals surface area contributed by atoms with Crippen LogP contribution in [0.4, 0.5) is 0 Å². The summed E-state index contributed by atoms with van der Waals surface area (Å²) in [7, 11) is 0. The van der Waals surface area contributed by atoms with Gasteiger partial charge in [0.05, 0.1) is 18.3 Å². The van der Waals surface area contributed by atoms with E-state index in [1.165, 1.54) is 11.1 Å². The third-order valence-corrected chi connectivity index (χ3v) is 2.99. The van der Waals surface area contributed by atoms with Crippen molar-refractivity contribution in [2.24, 2.45) is 0 Å². The van der Waals surface area contributed by atoms with Crippen LogP contribution in [-0.4, -0.2) is 23.4 Å². The number of aliphatic hydroxyl groups is 1. The molecule has 2 nitrogen and oxygen atoms in total. The van der Waals surface area contributed by atoms with Crippen LogP contribution in [0.2, 0.25) is 0 Å². The minimum absolute atomic E-state index is 0.242. The molecule has 0 radical (unpaired) electrons. The van der Waals surface area contributed by atoms with Gasteiger partial charge in [0, 0.05) is 6.42 Å². The van der Waals surface area contributed by atoms with Crippen molar-refractivity contribution < 1.29 is 9.84 Å². The normalized spacial score (nSPS) is 25.6. The third-order valence-electron chi connectivity index (χ3n) is 2.99. The number of allylic oxidation sites excluding steroid dienone is 2. The SMILES string of the molecule is C=C[C@@](C)(O)CCC=C1CO[C@@H](C=C(C)C)C1. The lowest BCUT2D eigenvalue weighted by molar-refractivity contribution is 0.103. The molecule has 1 N–H and O–H groups in total. The molecule has 0 aromatic heterocycles. The zero-order valence-corrected chi connectivity index (χ0v) is 11.2. The Labute approximate surface area is 105 Å². The van der Waals surface area contributed by atoms with Crippen LogP contribution in [-0.2, 0) is 4.74 Å². The highest BCUT2D eigenvalue weighted by Crippen LogP contribution is 2.22. The van der Waals surface area contributed by atoms with Crippen LogP contribution >= 0.6 is 0 Å². The van der Waals surface area contributed by atoms with E-state index >= 15 is 0 Å². The molecule has 0 unspecified atom stereocenters. The molecule has 0 bridgehead atoms. The van der Waals surface area contributed by atoms with Gasteiger partial charge < -0.3 is 9.84 Å². The molecule has 1 aliphatic rings. The van der Waals surface area contributed by atoms with Gasteiger partial charge in [-0.15, -0.1) is 6.58 Å². The van der Waals surface area contributed by atoms with Crippen LogP contribution in [0.5, 0.6) is 0 Å². The Balaban J connectivity index is 2.38. The monoisotopic (exact) mass is 236 g/mol. The Morgan fingerprint density at radius 1 is 1.59 bits per heavy atom. The maximum Gasteiger partial charge on any atom is 0.0800 e. The summed E-state index contributed by atoms with van der Waals surface area (Å²) in [6.45, 7) is 10.3. The molecule has 0 aromatic rings. The Bertz CT molecular complexity index is 320. The Hall–Kier alpha value is -0.860. The van der Waals surface area contributed by atoms with E-state index in [2.05, 4.69) is 32.6 Å². The highest BCUT2D eigenvalue weighted by Gasteiger charge is 2.18. The summed E-state index contributed by atoms with van der Waals surface area (Å²) >= 11 is 0. The first kappa shape index (κ1) is 14.2. The number of rotatable bonds is 5. The van der Waals surface area contributed by atoms with Crippen molar-refractivity contribution in [2.75, 3.05) is 6.61 Å². The van der Waals surface area contributed by atoms with E-state index in [1.54, 1.807) is 13.0 Å². The first-order valence-electron chi connectivity index (χ1n) is 6.23. The van der Waals surface area contributed by atoms with Gasteiger partial charge in [0.25, 0.3) is 0 Å². The van der Waals surface area contributed by atoms with Crippen LogP contribution in [0.15, 0.2) is 36.0 Å². The van der Waals surface area contributed by atoms with Gasteiger partial charge in [-0.1, -0.05) is 23.8 Å². The highest BCUT2D eigenvalue weighted by molar-refractivity contribution is 5.14. The first-order valence-corrected chi connectivity index (χ1v) is 6.23. The average Bonchev–Trinajstić information content (AvgIpc) is 2.64. The summed E-state index contributed by atoms with van der Waals surface area (Å²) < 4.78 is 5.66. The molecule has 2 heteroatoms. The fraction of sp³-hybridized carbons (Fsp3) is 0.600. The largest absolute Gasteiger partial charge is 0.386 e. The van der Waals surface area contributed by atoms with Gasteiger partial charge in [-0.25, -0.2) is 0 Å². The van der Waals surface area contributed by atoms with E-state index in [4.69, 9.17) is 4.74 Å². The van der Waals surface area contributed by atoms with E-state index in [0.717, 1.165) is 19.4 Å². The van der Waals surface area contributed by atoms with Crippen LogP contribution in [0.3, 0.4) is 0 Å². The lowest BCUT2D eigenvalue weighted by atomic mass is 9.99. The summed E-state index contributed by atoms with van der Waals surface area (Å²) in [5, 5.41) is 9.78. The van der Waals surface area contributed by atoms with Crippen LogP contribution in [0.25, 0.3) is 0 Å². The molecule has 0 spiro atoms. The summed E-state index contributed by atoms with van der Waals surface area (Å²) in [4.78, 5) is 0. The van der Waals surface area contributed by atoms with Gasteiger partial charge in [0.15, 0.2) is 0 Å². The van der Waals surface area contributed by atoms with Crippen LogP contribution in [0.1, 0.15) is 40.0 Å². The summed E-state index contributed by atoms with van der Waals surface area (Å²) in [6.07, 6.45) is 8.78. The summed E-state index contributed by atoms with van der Waals surface area (Å²) in [5.74, 6) is 0. The molecular formula is C15H24O2. The van der Waals surface area contributed by atoms with E-state index in [9.17, 15) is 5.11 Å². The quantitative estimate of drug-likeness (QED) is 0.741. The second-order valence-electron chi connectivity index (χ2n) is 5.26. The third kappa shape index (κ3) is 5.33. The number of hydrogen-bond donors (Lipinski definition) is 1. The highest BCUT2D eigenvalue weighted by atomic mass is 16.5. The second-order valence-corrected chi connectivity index (χ2v) is 5.26. The molecule has 0 aromatic carbocycles. The predicted molar refractivity (Wildman–Crippen MR) is 71.9 cm³/mol. The number of hydrogen-bond acceptors (Lipinski definition) is 2. The molecule has 2 atom stereocenters. The molecule has 1 fully saturated rings. The Morgan fingerprint density at radius 2 is 2.29 bits per heavy atom. The van der Waals surface area contributed by atoms with Crippen LogP contribution in [0, 0.1) is 0 Å². The lowest BCUT2D eigenvalue weighted by Gasteiger charge is -2.16. The van der Waals surface area contributed by atoms with Gasteiger partial charge >= 0.3 is 0 Å². The summed E-state index contributed by atoms with van der Waals surface area (Å²) in [5.41, 5.74) is 1.88. The fourth-order valence-corrected chi connectivity index (χ4v) is 1.88. The zero-order valence-electron chi connectivity index (χ0n) is 11.2. The molecule has 96 valence electrons. The molecule has 1 aliphatic heterocycles. The standard InChI is InChI=1S/C15H24O2/c1-5-15(4,16)8-6-7-13-10-14(17-11-13)9-12(2)3/h5,7,9,14,16H,1,6,8,10-11H2,2-4H3/t14-,15+/m0/s1. The fourth-order valence-electron chi connectivity index (χ4n) is 1.88. The minimum Gasteiger partial charge on any atom is -0.386 e. The smallest absolute Gasteiger partial charge is 0.0800 e. The molecule has 17 heavy (non-hydrogen) atoms. The van der Waals surface area contributed by atoms with Crippen molar-refractivity contribution in [2.45, 2.75) is 51.7 Å². The van der Waals surface area contributed by atoms with Crippen molar-refractivity contribution in [3.8, 4) is 0 Å². The molecule has 1 saturated heterocycles. The number of ether oxygens (including phenoxy) is 1. The van der Waals surface area contributed by atoms with Gasteiger partial charge in [-0.05, 0) is 39.2 Å². The Morgan fingerprint density at radius 3 is 2.88 bits per heavy atom. The van der Waals surface area contributed by atoms with Gasteiger partial charge in [0.2, 0.25) is 0 Å². The van der Waals surface area contributed by atoms with Crippen molar-refractivity contribution in [1.29, 1.82) is 0 Å². The van der Waals surface area contributed by atoms with E-state index in [0.29, 0.717) is 6.42 Å². The van der Waals surface area contributed by atoms with E-state index < -0.39 is 5.60 Å². The summed E-state index contributed by atoms with van der Waals surface area (Å²) in [6, 6.07) is 0. The maximum atomic E-state index is 9.78. The molecule has 1 heterocycles. The average molecular weight is 236 g/mol. The zero-order chi connectivity index (χ0) is 12.9. The maximum absolute atomic E-state index is 9.78. The molecule has 0 aliphatic carbocycles. The lowest BCUT2D eigenvalue weighted by Crippen LogP contribution is -2.19. The molecule has 1 rings (SSSR count). The Kier molecular flexibility index (Phi) is 5.16. The van der Waals surface area contributed by atoms with Crippen molar-refractivity contribution in [3.05, 3.63) is 36.0 Å². The van der Waals surface area contributed by atoms with E-state index in [1.807, 2.05) is 0 Å². The van der Waals surface area contributed by atoms with Crippen LogP contribution < -0.4 is 0 Å². The molecule has 0 amide bonds. The van der Waals surface area contributed by atoms with Crippen molar-refractivity contribution in [1.82, 2.24) is 0 Å². The first-order chi connectivity index (χ1) is 7.93.